The van der Waals surface area contributed by atoms with Crippen LogP contribution in [0.15, 0.2) is 43.0 Å². The molecule has 3 heterocycles. The van der Waals surface area contributed by atoms with Gasteiger partial charge in [0.05, 0.1) is 17.6 Å². The molecule has 3 aromatic heterocycles. The molecule has 2 N–H and O–H groups in total. The van der Waals surface area contributed by atoms with E-state index in [9.17, 15) is 4.79 Å². The van der Waals surface area contributed by atoms with Crippen molar-refractivity contribution in [3.05, 3.63) is 48.5 Å². The number of nitrogens with two attached hydrogens (primary N) is 1. The van der Waals surface area contributed by atoms with Crippen molar-refractivity contribution in [3.63, 3.8) is 0 Å². The van der Waals surface area contributed by atoms with Gasteiger partial charge in [0.25, 0.3) is 0 Å². The minimum absolute atomic E-state index is 0.561. The maximum absolute atomic E-state index is 10.7. The van der Waals surface area contributed by atoms with E-state index < -0.39 is 0 Å². The van der Waals surface area contributed by atoms with Gasteiger partial charge in [0.1, 0.15) is 5.65 Å². The number of rotatable bonds is 2. The molecule has 0 saturated heterocycles. The van der Waals surface area contributed by atoms with Gasteiger partial charge in [0.2, 0.25) is 0 Å². The summed E-state index contributed by atoms with van der Waals surface area (Å²) in [4.78, 5) is 19.0. The molecule has 5 heteroatoms. The average Bonchev–Trinajstić information content (AvgIpc) is 2.81. The number of carbonyl (C=O) groups excluding carboxylic acids is 1. The first-order chi connectivity index (χ1) is 8.78. The maximum Gasteiger partial charge on any atom is 0.151 e. The first-order valence-corrected chi connectivity index (χ1v) is 5.41. The zero-order chi connectivity index (χ0) is 12.5. The van der Waals surface area contributed by atoms with Crippen molar-refractivity contribution in [1.29, 1.82) is 0 Å². The zero-order valence-corrected chi connectivity index (χ0v) is 9.45. The molecule has 0 radical (unpaired) electrons. The topological polar surface area (TPSA) is 73.8 Å². The molecular weight excluding hydrogens is 228 g/mol. The minimum Gasteiger partial charge on any atom is -0.397 e. The van der Waals surface area contributed by atoms with E-state index in [1.165, 1.54) is 0 Å². The van der Waals surface area contributed by atoms with Crippen LogP contribution in [-0.4, -0.2) is 20.8 Å². The van der Waals surface area contributed by atoms with E-state index in [1.807, 2.05) is 22.9 Å². The molecule has 18 heavy (non-hydrogen) atoms. The van der Waals surface area contributed by atoms with Crippen LogP contribution in [0.2, 0.25) is 0 Å². The lowest BCUT2D eigenvalue weighted by atomic mass is 10.2. The van der Waals surface area contributed by atoms with E-state index in [1.54, 1.807) is 24.7 Å². The Morgan fingerprint density at radius 1 is 1.22 bits per heavy atom. The highest BCUT2D eigenvalue weighted by Crippen LogP contribution is 2.19. The lowest BCUT2D eigenvalue weighted by molar-refractivity contribution is 0.112. The van der Waals surface area contributed by atoms with Crippen molar-refractivity contribution in [3.8, 4) is 5.69 Å². The molecule has 3 rings (SSSR count). The van der Waals surface area contributed by atoms with E-state index in [0.29, 0.717) is 11.3 Å². The lowest BCUT2D eigenvalue weighted by Crippen LogP contribution is -1.97. The van der Waals surface area contributed by atoms with Gasteiger partial charge >= 0.3 is 0 Å². The van der Waals surface area contributed by atoms with Gasteiger partial charge in [0, 0.05) is 29.5 Å². The van der Waals surface area contributed by atoms with Crippen molar-refractivity contribution >= 4 is 23.0 Å². The number of hydrogen-bond acceptors (Lipinski definition) is 4. The van der Waals surface area contributed by atoms with Crippen molar-refractivity contribution in [2.45, 2.75) is 0 Å². The molecule has 88 valence electrons. The van der Waals surface area contributed by atoms with Gasteiger partial charge in [-0.1, -0.05) is 0 Å². The standard InChI is InChI=1S/C13H10N4O/c14-11-4-12(7-15-6-11)17-2-1-10-3-9(8-18)5-16-13(10)17/h1-8H,14H2. The van der Waals surface area contributed by atoms with Crippen LogP contribution in [0.1, 0.15) is 10.4 Å². The molecule has 0 amide bonds. The van der Waals surface area contributed by atoms with E-state index in [4.69, 9.17) is 5.73 Å². The molecule has 0 saturated carbocycles. The van der Waals surface area contributed by atoms with E-state index in [-0.39, 0.29) is 0 Å². The Balaban J connectivity index is 2.21. The molecule has 0 spiro atoms. The van der Waals surface area contributed by atoms with E-state index in [0.717, 1.165) is 23.0 Å². The summed E-state index contributed by atoms with van der Waals surface area (Å²) in [5.41, 5.74) is 8.48. The summed E-state index contributed by atoms with van der Waals surface area (Å²) in [5, 5.41) is 0.905. The minimum atomic E-state index is 0.561. The van der Waals surface area contributed by atoms with Gasteiger partial charge < -0.3 is 5.73 Å². The van der Waals surface area contributed by atoms with Crippen LogP contribution in [0.3, 0.4) is 0 Å². The summed E-state index contributed by atoms with van der Waals surface area (Å²) in [7, 11) is 0. The van der Waals surface area contributed by atoms with Crippen LogP contribution in [0.4, 0.5) is 5.69 Å². The predicted molar refractivity (Wildman–Crippen MR) is 68.7 cm³/mol. The molecule has 3 aromatic rings. The number of fused-ring (bicyclic) bond motifs is 1. The zero-order valence-electron chi connectivity index (χ0n) is 9.45. The van der Waals surface area contributed by atoms with Crippen molar-refractivity contribution in [1.82, 2.24) is 14.5 Å². The number of aromatic nitrogens is 3. The van der Waals surface area contributed by atoms with E-state index >= 15 is 0 Å². The number of carbonyl (C=O) groups is 1. The first kappa shape index (κ1) is 10.5. The predicted octanol–water partition coefficient (Wildman–Crippen LogP) is 1.82. The molecule has 0 unspecified atom stereocenters. The van der Waals surface area contributed by atoms with Crippen LogP contribution >= 0.6 is 0 Å². The summed E-state index contributed by atoms with van der Waals surface area (Å²) in [6.07, 6.45) is 7.51. The number of hydrogen-bond donors (Lipinski definition) is 1. The SMILES string of the molecule is Nc1cncc(-n2ccc3cc(C=O)cnc32)c1. The molecule has 0 aliphatic carbocycles. The summed E-state index contributed by atoms with van der Waals surface area (Å²) >= 11 is 0. The highest BCUT2D eigenvalue weighted by atomic mass is 16.1. The lowest BCUT2D eigenvalue weighted by Gasteiger charge is -2.04. The molecule has 0 bridgehead atoms. The quantitative estimate of drug-likeness (QED) is 0.691. The van der Waals surface area contributed by atoms with Gasteiger partial charge in [-0.15, -0.1) is 0 Å². The second kappa shape index (κ2) is 3.96. The first-order valence-electron chi connectivity index (χ1n) is 5.41. The Hall–Kier alpha value is -2.69. The highest BCUT2D eigenvalue weighted by Gasteiger charge is 2.05. The van der Waals surface area contributed by atoms with Crippen molar-refractivity contribution in [2.75, 3.05) is 5.73 Å². The number of aldehydes is 1. The van der Waals surface area contributed by atoms with Crippen LogP contribution in [-0.2, 0) is 0 Å². The Morgan fingerprint density at radius 3 is 2.89 bits per heavy atom. The largest absolute Gasteiger partial charge is 0.397 e. The van der Waals surface area contributed by atoms with Crippen molar-refractivity contribution in [2.24, 2.45) is 0 Å². The molecule has 0 aliphatic rings. The monoisotopic (exact) mass is 238 g/mol. The molecular formula is C13H10N4O. The van der Waals surface area contributed by atoms with Gasteiger partial charge in [-0.3, -0.25) is 14.3 Å². The number of anilines is 1. The third-order valence-electron chi connectivity index (χ3n) is 2.71. The Bertz CT molecular complexity index is 733. The fourth-order valence-electron chi connectivity index (χ4n) is 1.89. The normalized spacial score (nSPS) is 10.7. The Labute approximate surface area is 103 Å². The highest BCUT2D eigenvalue weighted by molar-refractivity contribution is 5.85. The second-order valence-corrected chi connectivity index (χ2v) is 3.96. The number of pyridine rings is 2. The number of nitrogens with zero attached hydrogens (tertiary/aromatic N) is 3. The Morgan fingerprint density at radius 2 is 2.11 bits per heavy atom. The van der Waals surface area contributed by atoms with Gasteiger partial charge in [-0.2, -0.15) is 0 Å². The average molecular weight is 238 g/mol. The third-order valence-corrected chi connectivity index (χ3v) is 2.71. The summed E-state index contributed by atoms with van der Waals surface area (Å²) in [6.45, 7) is 0. The number of nitrogen functional groups attached to an aromatic ring is 1. The van der Waals surface area contributed by atoms with Crippen LogP contribution in [0.25, 0.3) is 16.7 Å². The fourth-order valence-corrected chi connectivity index (χ4v) is 1.89. The van der Waals surface area contributed by atoms with Gasteiger partial charge in [-0.25, -0.2) is 4.98 Å². The summed E-state index contributed by atoms with van der Waals surface area (Å²) in [5.74, 6) is 0. The Kier molecular flexibility index (Phi) is 2.30. The van der Waals surface area contributed by atoms with Crippen LogP contribution in [0, 0.1) is 0 Å². The molecule has 5 nitrogen and oxygen atoms in total. The second-order valence-electron chi connectivity index (χ2n) is 3.96. The molecule has 0 atom stereocenters. The summed E-state index contributed by atoms with van der Waals surface area (Å²) in [6, 6.07) is 5.52. The van der Waals surface area contributed by atoms with E-state index in [2.05, 4.69) is 9.97 Å². The third kappa shape index (κ3) is 1.62. The van der Waals surface area contributed by atoms with Crippen LogP contribution in [0.5, 0.6) is 0 Å². The smallest absolute Gasteiger partial charge is 0.151 e. The van der Waals surface area contributed by atoms with Gasteiger partial charge in [0.15, 0.2) is 6.29 Å². The van der Waals surface area contributed by atoms with Crippen LogP contribution < -0.4 is 5.73 Å². The maximum atomic E-state index is 10.7. The molecule has 0 aromatic carbocycles. The fraction of sp³-hybridized carbons (Fsp3) is 0. The summed E-state index contributed by atoms with van der Waals surface area (Å²) < 4.78 is 1.88. The van der Waals surface area contributed by atoms with Gasteiger partial charge in [-0.05, 0) is 18.2 Å². The molecule has 0 aliphatic heterocycles. The molecule has 0 fully saturated rings. The van der Waals surface area contributed by atoms with Crippen molar-refractivity contribution < 1.29 is 4.79 Å².